The van der Waals surface area contributed by atoms with Gasteiger partial charge < -0.3 is 19.7 Å². The molecule has 1 N–H and O–H groups in total. The molecule has 4 heterocycles. The van der Waals surface area contributed by atoms with Crippen molar-refractivity contribution in [2.75, 3.05) is 37.9 Å². The molecule has 2 aliphatic rings. The van der Waals surface area contributed by atoms with Crippen molar-refractivity contribution in [2.45, 2.75) is 24.0 Å². The average Bonchev–Trinajstić information content (AvgIpc) is 3.59. The number of fused-ring (bicyclic) bond motifs is 1. The number of pyridine rings is 1. The molecule has 1 amide bonds. The molecule has 5 aromatic rings. The van der Waals surface area contributed by atoms with Crippen LogP contribution in [0, 0.1) is 0 Å². The van der Waals surface area contributed by atoms with Gasteiger partial charge in [0.25, 0.3) is 5.91 Å². The standard InChI is InChI=1S/C36H34N6O3S/c43-35(38-22-26-11-13-37-14-12-26)30-8-4-5-28(19-30)24-46-36-39-31(29-6-2-1-3-7-29)21-34(40-36)42-17-15-41(16-18-42)23-27-9-10-32-33(20-27)45-25-44-32/h1-14,19-21H,15-18,22-25H2,(H,38,43). The number of hydrogen-bond acceptors (Lipinski definition) is 9. The van der Waals surface area contributed by atoms with E-state index in [1.807, 2.05) is 60.7 Å². The van der Waals surface area contributed by atoms with Gasteiger partial charge in [-0.15, -0.1) is 0 Å². The molecule has 9 nitrogen and oxygen atoms in total. The van der Waals surface area contributed by atoms with E-state index in [0.29, 0.717) is 29.8 Å². The number of piperazine rings is 1. The second-order valence-electron chi connectivity index (χ2n) is 11.2. The van der Waals surface area contributed by atoms with Gasteiger partial charge in [0, 0.05) is 74.6 Å². The summed E-state index contributed by atoms with van der Waals surface area (Å²) in [5.41, 5.74) is 5.86. The van der Waals surface area contributed by atoms with Crippen molar-refractivity contribution < 1.29 is 14.3 Å². The Balaban J connectivity index is 1.02. The molecule has 1 saturated heterocycles. The van der Waals surface area contributed by atoms with E-state index >= 15 is 0 Å². The minimum atomic E-state index is -0.106. The summed E-state index contributed by atoms with van der Waals surface area (Å²) in [7, 11) is 0. The lowest BCUT2D eigenvalue weighted by atomic mass is 10.1. The Bertz CT molecular complexity index is 1800. The maximum absolute atomic E-state index is 12.9. The van der Waals surface area contributed by atoms with E-state index in [1.54, 1.807) is 24.2 Å². The first kappa shape index (κ1) is 29.8. The van der Waals surface area contributed by atoms with Crippen molar-refractivity contribution in [3.05, 3.63) is 126 Å². The first-order valence-electron chi connectivity index (χ1n) is 15.4. The van der Waals surface area contributed by atoms with Crippen LogP contribution in [0.15, 0.2) is 109 Å². The number of anilines is 1. The van der Waals surface area contributed by atoms with E-state index in [-0.39, 0.29) is 5.91 Å². The molecule has 2 aromatic heterocycles. The molecule has 232 valence electrons. The van der Waals surface area contributed by atoms with Gasteiger partial charge in [-0.3, -0.25) is 14.7 Å². The van der Waals surface area contributed by atoms with Crippen LogP contribution in [0.25, 0.3) is 11.3 Å². The number of hydrogen-bond donors (Lipinski definition) is 1. The summed E-state index contributed by atoms with van der Waals surface area (Å²) in [6.07, 6.45) is 3.45. The first-order valence-corrected chi connectivity index (χ1v) is 16.3. The van der Waals surface area contributed by atoms with Gasteiger partial charge in [-0.25, -0.2) is 9.97 Å². The van der Waals surface area contributed by atoms with Crippen LogP contribution in [0.5, 0.6) is 11.5 Å². The van der Waals surface area contributed by atoms with Crippen molar-refractivity contribution in [3.63, 3.8) is 0 Å². The molecule has 0 saturated carbocycles. The van der Waals surface area contributed by atoms with E-state index in [2.05, 4.69) is 50.4 Å². The number of aromatic nitrogens is 3. The smallest absolute Gasteiger partial charge is 0.251 e. The summed E-state index contributed by atoms with van der Waals surface area (Å²) in [5, 5.41) is 3.71. The molecule has 0 atom stereocenters. The highest BCUT2D eigenvalue weighted by molar-refractivity contribution is 7.98. The van der Waals surface area contributed by atoms with Crippen molar-refractivity contribution in [1.29, 1.82) is 0 Å². The van der Waals surface area contributed by atoms with E-state index in [4.69, 9.17) is 19.4 Å². The van der Waals surface area contributed by atoms with Crippen LogP contribution in [0.3, 0.4) is 0 Å². The minimum Gasteiger partial charge on any atom is -0.454 e. The molecule has 0 aliphatic carbocycles. The predicted molar refractivity (Wildman–Crippen MR) is 179 cm³/mol. The number of carbonyl (C=O) groups excluding carboxylic acids is 1. The van der Waals surface area contributed by atoms with E-state index in [1.165, 1.54) is 5.56 Å². The lowest BCUT2D eigenvalue weighted by Crippen LogP contribution is -2.46. The molecule has 3 aromatic carbocycles. The van der Waals surface area contributed by atoms with Crippen LogP contribution in [-0.2, 0) is 18.8 Å². The van der Waals surface area contributed by atoms with Gasteiger partial charge >= 0.3 is 0 Å². The van der Waals surface area contributed by atoms with Gasteiger partial charge in [0.2, 0.25) is 6.79 Å². The van der Waals surface area contributed by atoms with Gasteiger partial charge in [0.1, 0.15) is 5.82 Å². The quantitative estimate of drug-likeness (QED) is 0.152. The van der Waals surface area contributed by atoms with Crippen LogP contribution in [0.2, 0.25) is 0 Å². The maximum atomic E-state index is 12.9. The zero-order valence-corrected chi connectivity index (χ0v) is 26.2. The van der Waals surface area contributed by atoms with Crippen LogP contribution in [-0.4, -0.2) is 58.7 Å². The van der Waals surface area contributed by atoms with E-state index in [9.17, 15) is 4.79 Å². The number of thioether (sulfide) groups is 1. The van der Waals surface area contributed by atoms with Crippen LogP contribution in [0.4, 0.5) is 5.82 Å². The normalized spacial score (nSPS) is 14.3. The van der Waals surface area contributed by atoms with Crippen molar-refractivity contribution >= 4 is 23.5 Å². The van der Waals surface area contributed by atoms with E-state index in [0.717, 1.165) is 72.4 Å². The molecule has 7 rings (SSSR count). The largest absolute Gasteiger partial charge is 0.454 e. The second kappa shape index (κ2) is 14.0. The third-order valence-electron chi connectivity index (χ3n) is 8.06. The van der Waals surface area contributed by atoms with Gasteiger partial charge in [0.05, 0.1) is 5.69 Å². The molecular weight excluding hydrogens is 597 g/mol. The highest BCUT2D eigenvalue weighted by atomic mass is 32.2. The summed E-state index contributed by atoms with van der Waals surface area (Å²) in [4.78, 5) is 31.7. The SMILES string of the molecule is O=C(NCc1ccncc1)c1cccc(CSc2nc(-c3ccccc3)cc(N3CCN(Cc4ccc5c(c4)OCO5)CC3)n2)c1. The Hall–Kier alpha value is -4.93. The third kappa shape index (κ3) is 7.30. The minimum absolute atomic E-state index is 0.106. The Morgan fingerprint density at radius 3 is 2.46 bits per heavy atom. The first-order chi connectivity index (χ1) is 22.7. The van der Waals surface area contributed by atoms with Crippen molar-refractivity contribution in [2.24, 2.45) is 0 Å². The molecule has 0 unspecified atom stereocenters. The van der Waals surface area contributed by atoms with Crippen LogP contribution < -0.4 is 19.7 Å². The Morgan fingerprint density at radius 1 is 0.783 bits per heavy atom. The molecule has 0 bridgehead atoms. The maximum Gasteiger partial charge on any atom is 0.251 e. The molecule has 10 heteroatoms. The number of amides is 1. The highest BCUT2D eigenvalue weighted by Gasteiger charge is 2.21. The second-order valence-corrected chi connectivity index (χ2v) is 12.2. The number of benzene rings is 3. The summed E-state index contributed by atoms with van der Waals surface area (Å²) in [6, 6.07) is 30.1. The molecule has 46 heavy (non-hydrogen) atoms. The van der Waals surface area contributed by atoms with Gasteiger partial charge in [-0.1, -0.05) is 60.3 Å². The fourth-order valence-corrected chi connectivity index (χ4v) is 6.36. The number of carbonyl (C=O) groups is 1. The molecule has 0 radical (unpaired) electrons. The number of nitrogens with one attached hydrogen (secondary N) is 1. The fourth-order valence-electron chi connectivity index (χ4n) is 5.56. The monoisotopic (exact) mass is 630 g/mol. The number of nitrogens with zero attached hydrogens (tertiary/aromatic N) is 5. The van der Waals surface area contributed by atoms with Crippen molar-refractivity contribution in [3.8, 4) is 22.8 Å². The zero-order chi connectivity index (χ0) is 31.1. The number of ether oxygens (including phenoxy) is 2. The summed E-state index contributed by atoms with van der Waals surface area (Å²) in [5.74, 6) is 3.11. The molecular formula is C36H34N6O3S. The lowest BCUT2D eigenvalue weighted by Gasteiger charge is -2.35. The number of rotatable bonds is 10. The van der Waals surface area contributed by atoms with E-state index < -0.39 is 0 Å². The predicted octanol–water partition coefficient (Wildman–Crippen LogP) is 5.81. The third-order valence-corrected chi connectivity index (χ3v) is 8.98. The molecule has 2 aliphatic heterocycles. The molecule has 0 spiro atoms. The summed E-state index contributed by atoms with van der Waals surface area (Å²) in [6.45, 7) is 5.21. The topological polar surface area (TPSA) is 92.7 Å². The fraction of sp³-hybridized carbons (Fsp3) is 0.222. The van der Waals surface area contributed by atoms with Gasteiger partial charge in [-0.05, 0) is 53.1 Å². The molecule has 1 fully saturated rings. The zero-order valence-electron chi connectivity index (χ0n) is 25.3. The average molecular weight is 631 g/mol. The van der Waals surface area contributed by atoms with Crippen LogP contribution >= 0.6 is 11.8 Å². The van der Waals surface area contributed by atoms with Gasteiger partial charge in [0.15, 0.2) is 16.7 Å². The lowest BCUT2D eigenvalue weighted by molar-refractivity contribution is 0.0950. The van der Waals surface area contributed by atoms with Crippen molar-refractivity contribution in [1.82, 2.24) is 25.2 Å². The Morgan fingerprint density at radius 2 is 1.61 bits per heavy atom. The summed E-state index contributed by atoms with van der Waals surface area (Å²) >= 11 is 1.58. The Labute approximate surface area is 272 Å². The van der Waals surface area contributed by atoms with Gasteiger partial charge in [-0.2, -0.15) is 0 Å². The highest BCUT2D eigenvalue weighted by Crippen LogP contribution is 2.33. The van der Waals surface area contributed by atoms with Crippen LogP contribution in [0.1, 0.15) is 27.0 Å². The summed E-state index contributed by atoms with van der Waals surface area (Å²) < 4.78 is 11.0. The Kier molecular flexibility index (Phi) is 9.07.